The Hall–Kier alpha value is -2.01. The molecule has 5 nitrogen and oxygen atoms in total. The van der Waals surface area contributed by atoms with Gasteiger partial charge in [-0.2, -0.15) is 0 Å². The SMILES string of the molecule is NC1CCCN(c2nccc(-c3ccccn3)n2)C1. The van der Waals surface area contributed by atoms with E-state index in [4.69, 9.17) is 5.73 Å². The van der Waals surface area contributed by atoms with Crippen LogP contribution in [0.25, 0.3) is 11.4 Å². The van der Waals surface area contributed by atoms with Gasteiger partial charge in [0.25, 0.3) is 0 Å². The summed E-state index contributed by atoms with van der Waals surface area (Å²) >= 11 is 0. The third-order valence-corrected chi connectivity index (χ3v) is 3.31. The Morgan fingerprint density at radius 3 is 2.84 bits per heavy atom. The molecule has 1 unspecified atom stereocenters. The van der Waals surface area contributed by atoms with Crippen LogP contribution in [0.2, 0.25) is 0 Å². The van der Waals surface area contributed by atoms with Crippen molar-refractivity contribution in [1.29, 1.82) is 0 Å². The number of hydrogen-bond donors (Lipinski definition) is 1. The first-order valence-electron chi connectivity index (χ1n) is 6.58. The first kappa shape index (κ1) is 12.0. The highest BCUT2D eigenvalue weighted by atomic mass is 15.3. The van der Waals surface area contributed by atoms with Crippen molar-refractivity contribution in [1.82, 2.24) is 15.0 Å². The van der Waals surface area contributed by atoms with Gasteiger partial charge in [0.2, 0.25) is 5.95 Å². The zero-order valence-electron chi connectivity index (χ0n) is 10.7. The minimum atomic E-state index is 0.218. The zero-order chi connectivity index (χ0) is 13.1. The molecule has 3 heterocycles. The monoisotopic (exact) mass is 255 g/mol. The van der Waals surface area contributed by atoms with Gasteiger partial charge in [-0.05, 0) is 31.0 Å². The quantitative estimate of drug-likeness (QED) is 0.880. The van der Waals surface area contributed by atoms with E-state index in [2.05, 4.69) is 19.9 Å². The number of piperidine rings is 1. The second kappa shape index (κ2) is 5.32. The molecule has 3 rings (SSSR count). The first-order chi connectivity index (χ1) is 9.33. The van der Waals surface area contributed by atoms with Gasteiger partial charge in [-0.1, -0.05) is 6.07 Å². The third-order valence-electron chi connectivity index (χ3n) is 3.31. The van der Waals surface area contributed by atoms with Crippen molar-refractivity contribution < 1.29 is 0 Å². The van der Waals surface area contributed by atoms with Crippen molar-refractivity contribution in [2.75, 3.05) is 18.0 Å². The molecule has 0 radical (unpaired) electrons. The van der Waals surface area contributed by atoms with Crippen LogP contribution in [0.5, 0.6) is 0 Å². The van der Waals surface area contributed by atoms with Crippen molar-refractivity contribution in [3.05, 3.63) is 36.7 Å². The van der Waals surface area contributed by atoms with E-state index in [1.54, 1.807) is 12.4 Å². The topological polar surface area (TPSA) is 67.9 Å². The summed E-state index contributed by atoms with van der Waals surface area (Å²) in [5.41, 5.74) is 7.72. The predicted octanol–water partition coefficient (Wildman–Crippen LogP) is 1.47. The van der Waals surface area contributed by atoms with Crippen LogP contribution in [-0.2, 0) is 0 Å². The van der Waals surface area contributed by atoms with E-state index in [-0.39, 0.29) is 6.04 Å². The number of pyridine rings is 1. The maximum absolute atomic E-state index is 6.00. The van der Waals surface area contributed by atoms with E-state index in [1.165, 1.54) is 0 Å². The van der Waals surface area contributed by atoms with Crippen LogP contribution in [0.1, 0.15) is 12.8 Å². The minimum Gasteiger partial charge on any atom is -0.339 e. The fourth-order valence-electron chi connectivity index (χ4n) is 2.35. The summed E-state index contributed by atoms with van der Waals surface area (Å²) in [7, 11) is 0. The molecule has 2 aromatic rings. The summed E-state index contributed by atoms with van der Waals surface area (Å²) in [4.78, 5) is 15.4. The van der Waals surface area contributed by atoms with Gasteiger partial charge in [-0.3, -0.25) is 4.98 Å². The minimum absolute atomic E-state index is 0.218. The highest BCUT2D eigenvalue weighted by molar-refractivity contribution is 5.55. The zero-order valence-corrected chi connectivity index (χ0v) is 10.7. The van der Waals surface area contributed by atoms with Crippen LogP contribution in [0.3, 0.4) is 0 Å². The number of nitrogens with two attached hydrogens (primary N) is 1. The summed E-state index contributed by atoms with van der Waals surface area (Å²) in [6, 6.07) is 7.91. The molecule has 98 valence electrons. The van der Waals surface area contributed by atoms with Gasteiger partial charge >= 0.3 is 0 Å². The first-order valence-corrected chi connectivity index (χ1v) is 6.58. The van der Waals surface area contributed by atoms with E-state index in [0.717, 1.165) is 43.3 Å². The third kappa shape index (κ3) is 2.71. The Kier molecular flexibility index (Phi) is 3.37. The van der Waals surface area contributed by atoms with Crippen LogP contribution in [0.15, 0.2) is 36.7 Å². The number of rotatable bonds is 2. The Morgan fingerprint density at radius 2 is 2.05 bits per heavy atom. The second-order valence-electron chi connectivity index (χ2n) is 4.81. The summed E-state index contributed by atoms with van der Waals surface area (Å²) < 4.78 is 0. The number of hydrogen-bond acceptors (Lipinski definition) is 5. The normalized spacial score (nSPS) is 19.4. The molecular weight excluding hydrogens is 238 g/mol. The van der Waals surface area contributed by atoms with E-state index in [0.29, 0.717) is 0 Å². The predicted molar refractivity (Wildman–Crippen MR) is 74.7 cm³/mol. The molecule has 1 atom stereocenters. The molecule has 19 heavy (non-hydrogen) atoms. The lowest BCUT2D eigenvalue weighted by molar-refractivity contribution is 0.500. The summed E-state index contributed by atoms with van der Waals surface area (Å²) in [5, 5.41) is 0. The van der Waals surface area contributed by atoms with Gasteiger partial charge in [0.1, 0.15) is 0 Å². The van der Waals surface area contributed by atoms with Crippen LogP contribution < -0.4 is 10.6 Å². The Morgan fingerprint density at radius 1 is 1.11 bits per heavy atom. The van der Waals surface area contributed by atoms with Gasteiger partial charge in [-0.15, -0.1) is 0 Å². The van der Waals surface area contributed by atoms with Crippen LogP contribution in [-0.4, -0.2) is 34.1 Å². The lowest BCUT2D eigenvalue weighted by Gasteiger charge is -2.30. The smallest absolute Gasteiger partial charge is 0.225 e. The van der Waals surface area contributed by atoms with E-state index >= 15 is 0 Å². The second-order valence-corrected chi connectivity index (χ2v) is 4.81. The Balaban J connectivity index is 1.88. The number of nitrogens with zero attached hydrogens (tertiary/aromatic N) is 4. The number of aromatic nitrogens is 3. The van der Waals surface area contributed by atoms with Gasteiger partial charge in [0.15, 0.2) is 0 Å². The van der Waals surface area contributed by atoms with Crippen LogP contribution >= 0.6 is 0 Å². The molecule has 2 N–H and O–H groups in total. The maximum Gasteiger partial charge on any atom is 0.225 e. The molecule has 1 fully saturated rings. The highest BCUT2D eigenvalue weighted by Gasteiger charge is 2.19. The molecule has 1 aliphatic rings. The van der Waals surface area contributed by atoms with Crippen molar-refractivity contribution >= 4 is 5.95 Å². The van der Waals surface area contributed by atoms with Gasteiger partial charge < -0.3 is 10.6 Å². The molecule has 0 amide bonds. The largest absolute Gasteiger partial charge is 0.339 e. The molecule has 1 saturated heterocycles. The standard InChI is InChI=1S/C14H17N5/c15-11-4-3-9-19(10-11)14-17-8-6-13(18-14)12-5-1-2-7-16-12/h1-2,5-8,11H,3-4,9-10,15H2. The van der Waals surface area contributed by atoms with Crippen LogP contribution in [0.4, 0.5) is 5.95 Å². The fourth-order valence-corrected chi connectivity index (χ4v) is 2.35. The molecule has 2 aromatic heterocycles. The number of anilines is 1. The van der Waals surface area contributed by atoms with E-state index in [9.17, 15) is 0 Å². The van der Waals surface area contributed by atoms with Crippen molar-refractivity contribution in [2.45, 2.75) is 18.9 Å². The summed E-state index contributed by atoms with van der Waals surface area (Å²) in [6.45, 7) is 1.80. The van der Waals surface area contributed by atoms with Crippen molar-refractivity contribution in [3.8, 4) is 11.4 Å². The molecular formula is C14H17N5. The summed E-state index contributed by atoms with van der Waals surface area (Å²) in [5.74, 6) is 0.748. The van der Waals surface area contributed by atoms with Gasteiger partial charge in [-0.25, -0.2) is 9.97 Å². The lowest BCUT2D eigenvalue weighted by atomic mass is 10.1. The van der Waals surface area contributed by atoms with Crippen molar-refractivity contribution in [2.24, 2.45) is 5.73 Å². The molecule has 0 saturated carbocycles. The molecule has 0 aliphatic carbocycles. The molecule has 0 spiro atoms. The molecule has 0 bridgehead atoms. The summed E-state index contributed by atoms with van der Waals surface area (Å²) in [6.07, 6.45) is 5.73. The van der Waals surface area contributed by atoms with E-state index in [1.807, 2.05) is 24.3 Å². The van der Waals surface area contributed by atoms with Gasteiger partial charge in [0.05, 0.1) is 11.4 Å². The van der Waals surface area contributed by atoms with Gasteiger partial charge in [0, 0.05) is 31.5 Å². The lowest BCUT2D eigenvalue weighted by Crippen LogP contribution is -2.43. The Labute approximate surface area is 112 Å². The van der Waals surface area contributed by atoms with Crippen LogP contribution in [0, 0.1) is 0 Å². The maximum atomic E-state index is 6.00. The fraction of sp³-hybridized carbons (Fsp3) is 0.357. The molecule has 0 aromatic carbocycles. The molecule has 5 heteroatoms. The Bertz CT molecular complexity index is 543. The van der Waals surface area contributed by atoms with Crippen molar-refractivity contribution in [3.63, 3.8) is 0 Å². The highest BCUT2D eigenvalue weighted by Crippen LogP contribution is 2.19. The average molecular weight is 255 g/mol. The average Bonchev–Trinajstić information content (AvgIpc) is 2.48. The molecule has 1 aliphatic heterocycles. The van der Waals surface area contributed by atoms with E-state index < -0.39 is 0 Å².